The van der Waals surface area contributed by atoms with Crippen LogP contribution in [0.15, 0.2) is 48.8 Å². The van der Waals surface area contributed by atoms with Crippen LogP contribution in [-0.4, -0.2) is 29.4 Å². The minimum atomic E-state index is 0.112. The smallest absolute Gasteiger partial charge is 0.253 e. The maximum atomic E-state index is 12.2. The topological polar surface area (TPSA) is 59.2 Å². The van der Waals surface area contributed by atoms with Gasteiger partial charge in [0.2, 0.25) is 0 Å². The van der Waals surface area contributed by atoms with Crippen LogP contribution in [0.2, 0.25) is 0 Å². The maximum Gasteiger partial charge on any atom is 0.253 e. The lowest BCUT2D eigenvalue weighted by atomic mass is 9.96. The van der Waals surface area contributed by atoms with E-state index >= 15 is 0 Å². The summed E-state index contributed by atoms with van der Waals surface area (Å²) in [5.41, 5.74) is 10.6. The van der Waals surface area contributed by atoms with Gasteiger partial charge in [0.05, 0.1) is 5.69 Å². The van der Waals surface area contributed by atoms with Gasteiger partial charge in [-0.3, -0.25) is 9.78 Å². The van der Waals surface area contributed by atoms with Crippen molar-refractivity contribution in [3.8, 4) is 20.9 Å². The monoisotopic (exact) mass is 335 g/mol. The van der Waals surface area contributed by atoms with Crippen LogP contribution in [0.1, 0.15) is 15.9 Å². The van der Waals surface area contributed by atoms with Gasteiger partial charge < -0.3 is 10.6 Å². The minimum Gasteiger partial charge on any atom is -0.397 e. The average molecular weight is 335 g/mol. The largest absolute Gasteiger partial charge is 0.397 e. The summed E-state index contributed by atoms with van der Waals surface area (Å²) in [6.45, 7) is 0.778. The van der Waals surface area contributed by atoms with Crippen molar-refractivity contribution in [2.24, 2.45) is 0 Å². The Bertz CT molecular complexity index is 932. The molecular formula is C19H17N3OS. The van der Waals surface area contributed by atoms with Crippen molar-refractivity contribution < 1.29 is 4.79 Å². The Kier molecular flexibility index (Phi) is 3.58. The molecule has 0 unspecified atom stereocenters. The molecule has 3 heterocycles. The highest BCUT2D eigenvalue weighted by atomic mass is 32.1. The first-order valence-corrected chi connectivity index (χ1v) is 8.63. The molecule has 1 amide bonds. The van der Waals surface area contributed by atoms with Gasteiger partial charge in [-0.2, -0.15) is 0 Å². The van der Waals surface area contributed by atoms with E-state index in [1.54, 1.807) is 22.4 Å². The van der Waals surface area contributed by atoms with Gasteiger partial charge in [0.25, 0.3) is 5.91 Å². The molecule has 120 valence electrons. The van der Waals surface area contributed by atoms with Crippen molar-refractivity contribution in [2.45, 2.75) is 6.42 Å². The number of amides is 1. The molecule has 0 saturated heterocycles. The van der Waals surface area contributed by atoms with Crippen LogP contribution in [0.4, 0.5) is 5.69 Å². The van der Waals surface area contributed by atoms with Gasteiger partial charge in [0, 0.05) is 46.9 Å². The van der Waals surface area contributed by atoms with Crippen molar-refractivity contribution in [1.82, 2.24) is 9.88 Å². The van der Waals surface area contributed by atoms with Crippen molar-refractivity contribution in [3.05, 3.63) is 59.9 Å². The Labute approximate surface area is 144 Å². The number of benzene rings is 1. The van der Waals surface area contributed by atoms with Crippen LogP contribution >= 0.6 is 11.3 Å². The molecule has 2 aromatic heterocycles. The second-order valence-electron chi connectivity index (χ2n) is 6.02. The first-order chi connectivity index (χ1) is 11.6. The van der Waals surface area contributed by atoms with E-state index in [0.29, 0.717) is 5.69 Å². The predicted molar refractivity (Wildman–Crippen MR) is 98.1 cm³/mol. The number of likely N-dealkylation sites (N-methyl/N-ethyl adjacent to an activating group) is 1. The van der Waals surface area contributed by atoms with E-state index < -0.39 is 0 Å². The van der Waals surface area contributed by atoms with E-state index in [1.807, 2.05) is 31.4 Å². The lowest BCUT2D eigenvalue weighted by Crippen LogP contribution is -2.34. The molecule has 3 aromatic rings. The molecule has 0 fully saturated rings. The van der Waals surface area contributed by atoms with Crippen LogP contribution in [-0.2, 0) is 6.42 Å². The van der Waals surface area contributed by atoms with Gasteiger partial charge in [0.15, 0.2) is 0 Å². The average Bonchev–Trinajstić information content (AvgIpc) is 3.08. The zero-order valence-electron chi connectivity index (χ0n) is 13.3. The lowest BCUT2D eigenvalue weighted by Gasteiger charge is -2.25. The van der Waals surface area contributed by atoms with Gasteiger partial charge in [-0.1, -0.05) is 6.07 Å². The van der Waals surface area contributed by atoms with Crippen LogP contribution in [0.25, 0.3) is 20.9 Å². The summed E-state index contributed by atoms with van der Waals surface area (Å²) >= 11 is 1.71. The highest BCUT2D eigenvalue weighted by Crippen LogP contribution is 2.36. The summed E-state index contributed by atoms with van der Waals surface area (Å²) < 4.78 is 0. The predicted octanol–water partition coefficient (Wildman–Crippen LogP) is 3.69. The zero-order valence-corrected chi connectivity index (χ0v) is 14.1. The van der Waals surface area contributed by atoms with Crippen LogP contribution < -0.4 is 5.73 Å². The molecule has 1 aliphatic heterocycles. The molecule has 0 atom stereocenters. The van der Waals surface area contributed by atoms with E-state index in [0.717, 1.165) is 40.1 Å². The minimum absolute atomic E-state index is 0.112. The molecule has 1 aliphatic rings. The van der Waals surface area contributed by atoms with Crippen molar-refractivity contribution in [1.29, 1.82) is 0 Å². The summed E-state index contributed by atoms with van der Waals surface area (Å²) in [4.78, 5) is 20.4. The number of carbonyl (C=O) groups excluding carboxylic acids is 1. The number of nitrogens with zero attached hydrogens (tertiary/aromatic N) is 2. The molecule has 4 nitrogen and oxygen atoms in total. The van der Waals surface area contributed by atoms with E-state index in [9.17, 15) is 4.79 Å². The first-order valence-electron chi connectivity index (χ1n) is 7.81. The van der Waals surface area contributed by atoms with Crippen LogP contribution in [0.5, 0.6) is 0 Å². The molecule has 2 N–H and O–H groups in total. The van der Waals surface area contributed by atoms with E-state index in [4.69, 9.17) is 5.73 Å². The first kappa shape index (κ1) is 14.9. The van der Waals surface area contributed by atoms with Crippen molar-refractivity contribution in [2.75, 3.05) is 19.3 Å². The lowest BCUT2D eigenvalue weighted by molar-refractivity contribution is 0.0781. The molecule has 0 radical (unpaired) electrons. The molecule has 1 aromatic carbocycles. The Hall–Kier alpha value is -2.66. The molecule has 24 heavy (non-hydrogen) atoms. The molecule has 0 saturated carbocycles. The second-order valence-corrected chi connectivity index (χ2v) is 7.10. The quantitative estimate of drug-likeness (QED) is 0.777. The van der Waals surface area contributed by atoms with Crippen LogP contribution in [0, 0.1) is 0 Å². The highest BCUT2D eigenvalue weighted by molar-refractivity contribution is 7.18. The number of thiophene rings is 1. The summed E-state index contributed by atoms with van der Waals surface area (Å²) in [5.74, 6) is 0.112. The molecular weight excluding hydrogens is 318 g/mol. The van der Waals surface area contributed by atoms with E-state index in [-0.39, 0.29) is 5.91 Å². The fourth-order valence-corrected chi connectivity index (χ4v) is 3.98. The van der Waals surface area contributed by atoms with Crippen LogP contribution in [0.3, 0.4) is 0 Å². The van der Waals surface area contributed by atoms with E-state index in [1.165, 1.54) is 4.88 Å². The fraction of sp³-hybridized carbons (Fsp3) is 0.158. The van der Waals surface area contributed by atoms with Gasteiger partial charge in [-0.15, -0.1) is 11.3 Å². The third-order valence-electron chi connectivity index (χ3n) is 4.33. The third-order valence-corrected chi connectivity index (χ3v) is 5.52. The maximum absolute atomic E-state index is 12.2. The van der Waals surface area contributed by atoms with Crippen molar-refractivity contribution in [3.63, 3.8) is 0 Å². The summed E-state index contributed by atoms with van der Waals surface area (Å²) in [5, 5.41) is 0. The summed E-state index contributed by atoms with van der Waals surface area (Å²) in [6, 6.07) is 12.3. The third kappa shape index (κ3) is 2.57. The molecule has 5 heteroatoms. The fourth-order valence-electron chi connectivity index (χ4n) is 3.00. The number of pyridine rings is 1. The summed E-state index contributed by atoms with van der Waals surface area (Å²) in [6.07, 6.45) is 4.38. The Morgan fingerprint density at radius 2 is 1.88 bits per heavy atom. The van der Waals surface area contributed by atoms with Gasteiger partial charge in [-0.05, 0) is 47.9 Å². The molecule has 0 spiro atoms. The standard InChI is InChI=1S/C19H17N3OS/c1-22-7-6-12-8-13(2-3-16(12)19(22)23)17-4-5-18(24-17)14-9-15(20)11-21-10-14/h2-5,8-11H,6-7,20H2,1H3. The van der Waals surface area contributed by atoms with Gasteiger partial charge >= 0.3 is 0 Å². The van der Waals surface area contributed by atoms with Crippen molar-refractivity contribution >= 4 is 22.9 Å². The number of rotatable bonds is 2. The number of carbonyl (C=O) groups is 1. The Morgan fingerprint density at radius 1 is 1.08 bits per heavy atom. The Balaban J connectivity index is 1.69. The normalized spacial score (nSPS) is 13.9. The zero-order chi connectivity index (χ0) is 16.7. The summed E-state index contributed by atoms with van der Waals surface area (Å²) in [7, 11) is 1.85. The molecule has 4 rings (SSSR count). The van der Waals surface area contributed by atoms with Gasteiger partial charge in [0.1, 0.15) is 0 Å². The second kappa shape index (κ2) is 5.76. The number of nitrogens with two attached hydrogens (primary N) is 1. The number of anilines is 1. The molecule has 0 aliphatic carbocycles. The SMILES string of the molecule is CN1CCc2cc(-c3ccc(-c4cncc(N)c4)s3)ccc2C1=O. The Morgan fingerprint density at radius 3 is 2.67 bits per heavy atom. The number of fused-ring (bicyclic) bond motifs is 1. The highest BCUT2D eigenvalue weighted by Gasteiger charge is 2.21. The number of hydrogen-bond acceptors (Lipinski definition) is 4. The van der Waals surface area contributed by atoms with E-state index in [2.05, 4.69) is 23.2 Å². The number of aromatic nitrogens is 1. The number of nitrogen functional groups attached to an aromatic ring is 1. The number of hydrogen-bond donors (Lipinski definition) is 1. The van der Waals surface area contributed by atoms with Gasteiger partial charge in [-0.25, -0.2) is 0 Å². The molecule has 0 bridgehead atoms.